The summed E-state index contributed by atoms with van der Waals surface area (Å²) < 4.78 is 19.2. The molecule has 3 heteroatoms. The summed E-state index contributed by atoms with van der Waals surface area (Å²) in [4.78, 5) is 0. The van der Waals surface area contributed by atoms with Crippen molar-refractivity contribution in [3.05, 3.63) is 318 Å². The van der Waals surface area contributed by atoms with Crippen molar-refractivity contribution in [1.82, 2.24) is 0 Å². The van der Waals surface area contributed by atoms with Crippen LogP contribution in [0.5, 0.6) is 34.5 Å². The molecule has 0 aliphatic carbocycles. The average Bonchev–Trinajstić information content (AvgIpc) is 3.66. The highest BCUT2D eigenvalue weighted by Crippen LogP contribution is 2.44. The smallest absolute Gasteiger partial charge is 0.143 e. The summed E-state index contributed by atoms with van der Waals surface area (Å²) >= 11 is 0. The van der Waals surface area contributed by atoms with E-state index in [2.05, 4.69) is 253 Å². The Bertz CT molecular complexity index is 4770. The molecule has 0 aromatic heterocycles. The Kier molecular flexibility index (Phi) is 12.0. The van der Waals surface area contributed by atoms with E-state index in [-0.39, 0.29) is 0 Å². The van der Waals surface area contributed by atoms with Gasteiger partial charge in [-0.3, -0.25) is 0 Å². The van der Waals surface area contributed by atoms with E-state index >= 15 is 0 Å². The fraction of sp³-hybridized carbons (Fsp3) is 0.0400. The lowest BCUT2D eigenvalue weighted by atomic mass is 9.89. The molecule has 0 fully saturated rings. The van der Waals surface area contributed by atoms with Crippen molar-refractivity contribution in [1.29, 1.82) is 0 Å². The molecule has 0 unspecified atom stereocenters. The van der Waals surface area contributed by atoms with Crippen molar-refractivity contribution < 1.29 is 14.2 Å². The van der Waals surface area contributed by atoms with Crippen LogP contribution in [0.2, 0.25) is 0 Å². The standard InChI is InChI=1S/C29H20O.C25H18O.C21H16O/c1-18-8-12-23-21(16-18)10-14-25-27(20-6-4-3-5-7-20)26-15-11-22-17-19(2)9-13-24(22)29(26)30-28(23)25;1-16-8-11-20-19(14-16)10-13-22-24(18-6-4-3-5-7-18)21-12-9-17(2)15-23(21)26-25(20)22;1-14-8-10-17-19(12-14)22-20-13-15(2)9-11-18(20)21(17)16-6-4-3-5-7-16/h3-17H,1H2,2H3;3-15H,1H2,2H3;3-13H,1H2,2H3. The van der Waals surface area contributed by atoms with Crippen LogP contribution in [0.15, 0.2) is 237 Å². The van der Waals surface area contributed by atoms with E-state index in [9.17, 15) is 0 Å². The molecule has 3 nitrogen and oxygen atoms in total. The highest BCUT2D eigenvalue weighted by molar-refractivity contribution is 6.01. The second kappa shape index (κ2) is 19.6. The van der Waals surface area contributed by atoms with Gasteiger partial charge in [-0.25, -0.2) is 0 Å². The molecule has 0 radical (unpaired) electrons. The molecular weight excluding hydrogens is 949 g/mol. The predicted molar refractivity (Wildman–Crippen MR) is 324 cm³/mol. The minimum atomic E-state index is 0.879. The third-order valence-corrected chi connectivity index (χ3v) is 15.0. The van der Waals surface area contributed by atoms with Crippen LogP contribution in [0.4, 0.5) is 0 Å². The molecule has 372 valence electrons. The van der Waals surface area contributed by atoms with E-state index in [0.29, 0.717) is 0 Å². The second-order valence-electron chi connectivity index (χ2n) is 20.5. The first-order valence-corrected chi connectivity index (χ1v) is 26.4. The molecular formula is C75H54O3. The van der Waals surface area contributed by atoms with Crippen LogP contribution in [-0.2, 0) is 0 Å². The molecule has 0 spiro atoms. The lowest BCUT2D eigenvalue weighted by Crippen LogP contribution is -2.19. The monoisotopic (exact) mass is 1000 g/mol. The Morgan fingerprint density at radius 2 is 0.654 bits per heavy atom. The number of hydrogen-bond donors (Lipinski definition) is 0. The summed E-state index contributed by atoms with van der Waals surface area (Å²) in [6.07, 6.45) is 0. The maximum Gasteiger partial charge on any atom is 0.143 e. The highest BCUT2D eigenvalue weighted by Gasteiger charge is 2.25. The van der Waals surface area contributed by atoms with E-state index in [4.69, 9.17) is 14.2 Å². The third-order valence-electron chi connectivity index (χ3n) is 15.0. The van der Waals surface area contributed by atoms with Crippen LogP contribution in [0, 0.1) is 20.8 Å². The minimum Gasteiger partial charge on any atom is -0.456 e. The van der Waals surface area contributed by atoms with Crippen molar-refractivity contribution in [2.75, 3.05) is 0 Å². The van der Waals surface area contributed by atoms with E-state index in [1.807, 2.05) is 24.3 Å². The van der Waals surface area contributed by atoms with E-state index < -0.39 is 0 Å². The van der Waals surface area contributed by atoms with Crippen molar-refractivity contribution in [3.8, 4) is 34.5 Å². The van der Waals surface area contributed by atoms with Gasteiger partial charge in [-0.1, -0.05) is 213 Å². The van der Waals surface area contributed by atoms with Gasteiger partial charge in [-0.2, -0.15) is 0 Å². The number of hydrogen-bond acceptors (Lipinski definition) is 3. The molecule has 0 atom stereocenters. The van der Waals surface area contributed by atoms with E-state index in [1.165, 1.54) is 55.5 Å². The maximum atomic E-state index is 6.69. The molecule has 0 bridgehead atoms. The largest absolute Gasteiger partial charge is 0.456 e. The Morgan fingerprint density at radius 3 is 1.22 bits per heavy atom. The van der Waals surface area contributed by atoms with Gasteiger partial charge in [0.1, 0.15) is 34.5 Å². The highest BCUT2D eigenvalue weighted by atomic mass is 16.5. The van der Waals surface area contributed by atoms with Crippen molar-refractivity contribution >= 4 is 68.8 Å². The van der Waals surface area contributed by atoms with Crippen molar-refractivity contribution in [3.63, 3.8) is 0 Å². The van der Waals surface area contributed by atoms with E-state index in [0.717, 1.165) is 109 Å². The fourth-order valence-electron chi connectivity index (χ4n) is 11.3. The van der Waals surface area contributed by atoms with Crippen molar-refractivity contribution in [2.24, 2.45) is 0 Å². The topological polar surface area (TPSA) is 27.7 Å². The van der Waals surface area contributed by atoms with Crippen LogP contribution in [0.3, 0.4) is 0 Å². The molecule has 0 N–H and O–H groups in total. The van der Waals surface area contributed by atoms with Crippen LogP contribution in [-0.4, -0.2) is 0 Å². The molecule has 0 saturated heterocycles. The van der Waals surface area contributed by atoms with Crippen LogP contribution in [0.1, 0.15) is 50.1 Å². The number of ether oxygens (including phenoxy) is 3. The molecule has 15 rings (SSSR count). The Labute approximate surface area is 453 Å². The van der Waals surface area contributed by atoms with Gasteiger partial charge in [-0.05, 0) is 129 Å². The number of fused-ring (bicyclic) bond motifs is 12. The number of aryl methyl sites for hydroxylation is 3. The van der Waals surface area contributed by atoms with Gasteiger partial charge in [0.2, 0.25) is 0 Å². The molecule has 78 heavy (non-hydrogen) atoms. The van der Waals surface area contributed by atoms with Gasteiger partial charge < -0.3 is 14.2 Å². The average molecular weight is 1000 g/mol. The lowest BCUT2D eigenvalue weighted by Gasteiger charge is -2.24. The lowest BCUT2D eigenvalue weighted by molar-refractivity contribution is 0.471. The van der Waals surface area contributed by atoms with Crippen molar-refractivity contribution in [2.45, 2.75) is 20.8 Å². The Balaban J connectivity index is 0.000000113. The molecule has 12 aromatic rings. The van der Waals surface area contributed by atoms with Gasteiger partial charge in [0.05, 0.1) is 0 Å². The quantitative estimate of drug-likeness (QED) is 0.177. The molecule has 3 aliphatic rings. The summed E-state index contributed by atoms with van der Waals surface area (Å²) in [6, 6.07) is 82.7. The van der Waals surface area contributed by atoms with Crippen LogP contribution >= 0.6 is 0 Å². The summed E-state index contributed by atoms with van der Waals surface area (Å²) in [5.41, 5.74) is 14.3. The van der Waals surface area contributed by atoms with E-state index in [1.54, 1.807) is 0 Å². The Morgan fingerprint density at radius 1 is 0.269 bits per heavy atom. The zero-order chi connectivity index (χ0) is 53.0. The van der Waals surface area contributed by atoms with Gasteiger partial charge in [-0.15, -0.1) is 0 Å². The molecule has 12 aromatic carbocycles. The molecule has 3 aliphatic heterocycles. The zero-order valence-corrected chi connectivity index (χ0v) is 43.9. The number of benzene rings is 12. The molecule has 3 heterocycles. The first-order chi connectivity index (χ1) is 38.1. The summed E-state index contributed by atoms with van der Waals surface area (Å²) in [6.45, 7) is 18.4. The predicted octanol–water partition coefficient (Wildman–Crippen LogP) is 14.7. The maximum absolute atomic E-state index is 6.69. The van der Waals surface area contributed by atoms with Gasteiger partial charge in [0.15, 0.2) is 0 Å². The molecule has 0 amide bonds. The first kappa shape index (κ1) is 47.7. The first-order valence-electron chi connectivity index (χ1n) is 26.4. The third kappa shape index (κ3) is 8.72. The normalized spacial score (nSPS) is 12.4. The van der Waals surface area contributed by atoms with Gasteiger partial charge >= 0.3 is 0 Å². The van der Waals surface area contributed by atoms with Crippen LogP contribution in [0.25, 0.3) is 68.8 Å². The summed E-state index contributed by atoms with van der Waals surface area (Å²) in [5.74, 6) is 5.50. The van der Waals surface area contributed by atoms with Gasteiger partial charge in [0.25, 0.3) is 0 Å². The number of rotatable bonds is 3. The van der Waals surface area contributed by atoms with Crippen LogP contribution < -0.4 is 45.5 Å². The van der Waals surface area contributed by atoms with Gasteiger partial charge in [0, 0.05) is 65.2 Å². The molecule has 0 saturated carbocycles. The Hall–Kier alpha value is -9.96. The second-order valence-corrected chi connectivity index (χ2v) is 20.5. The minimum absolute atomic E-state index is 0.879. The fourth-order valence-corrected chi connectivity index (χ4v) is 11.3. The summed E-state index contributed by atoms with van der Waals surface area (Å²) in [5, 5.41) is 13.2. The summed E-state index contributed by atoms with van der Waals surface area (Å²) in [7, 11) is 0. The zero-order valence-electron chi connectivity index (χ0n) is 43.9. The SMILES string of the molecule is C=c1ccc2c(c1)Oc1cc(C)ccc1C=2c1ccccc1.C=c1ccc2c3c(ccc2c1)=C(c1ccccc1)c1ccc(C)cc1O3.C=c1ccc2c3c(ccc2c1)=C(c1ccccc1)c1ccc2cc(C)ccc2c1O3.